The van der Waals surface area contributed by atoms with Crippen LogP contribution in [-0.4, -0.2) is 63.0 Å². The van der Waals surface area contributed by atoms with Crippen LogP contribution < -0.4 is 30.7 Å². The van der Waals surface area contributed by atoms with Crippen LogP contribution in [0.3, 0.4) is 0 Å². The van der Waals surface area contributed by atoms with Gasteiger partial charge in [0.15, 0.2) is 0 Å². The highest BCUT2D eigenvalue weighted by Gasteiger charge is 2.19. The molecule has 0 aromatic heterocycles. The maximum Gasteiger partial charge on any atom is 0.319 e. The third-order valence-corrected chi connectivity index (χ3v) is 10.8. The van der Waals surface area contributed by atoms with Gasteiger partial charge in [0.2, 0.25) is 0 Å². The van der Waals surface area contributed by atoms with Crippen molar-refractivity contribution >= 4 is 67.2 Å². The summed E-state index contributed by atoms with van der Waals surface area (Å²) in [5.74, 6) is -1.10. The van der Waals surface area contributed by atoms with E-state index in [1.54, 1.807) is 67.6 Å². The number of ether oxygens (including phenoxy) is 3. The van der Waals surface area contributed by atoms with Crippen LogP contribution in [0.15, 0.2) is 130 Å². The molecule has 0 aliphatic rings. The number of amides is 4. The maximum absolute atomic E-state index is 15.5. The molecule has 67 heavy (non-hydrogen) atoms. The zero-order valence-corrected chi connectivity index (χ0v) is 40.5. The molecule has 6 aromatic carbocycles. The van der Waals surface area contributed by atoms with E-state index in [-0.39, 0.29) is 51.0 Å². The molecule has 0 spiro atoms. The van der Waals surface area contributed by atoms with Gasteiger partial charge in [-0.1, -0.05) is 92.5 Å². The minimum Gasteiger partial charge on any atom is -0.496 e. The monoisotopic (exact) mass is 1040 g/mol. The quantitative estimate of drug-likeness (QED) is 0.0445. The summed E-state index contributed by atoms with van der Waals surface area (Å²) < 4.78 is 48.3. The Morgan fingerprint density at radius 3 is 1.39 bits per heavy atom. The number of methoxy groups -OCH3 is 2. The number of hydrogen-bond acceptors (Lipinski definition) is 7. The number of carboxylic acid groups (broad SMARTS) is 1. The van der Waals surface area contributed by atoms with Gasteiger partial charge in [0.05, 0.1) is 44.8 Å². The average Bonchev–Trinajstić information content (AvgIpc) is 3.29. The summed E-state index contributed by atoms with van der Waals surface area (Å²) in [7, 11) is 3.04. The molecule has 16 heteroatoms. The van der Waals surface area contributed by atoms with E-state index in [4.69, 9.17) is 19.3 Å². The Morgan fingerprint density at radius 1 is 0.597 bits per heavy atom. The summed E-state index contributed by atoms with van der Waals surface area (Å²) >= 11 is 6.86. The first-order valence-corrected chi connectivity index (χ1v) is 22.2. The zero-order chi connectivity index (χ0) is 47.6. The van der Waals surface area contributed by atoms with Crippen LogP contribution in [-0.2, 0) is 27.2 Å². The second-order valence-corrected chi connectivity index (χ2v) is 16.3. The Morgan fingerprint density at radius 2 is 1.01 bits per heavy atom. The van der Waals surface area contributed by atoms with E-state index in [1.165, 1.54) is 14.2 Å². The van der Waals surface area contributed by atoms with Crippen molar-refractivity contribution in [2.45, 2.75) is 32.6 Å². The Hall–Kier alpha value is -6.78. The van der Waals surface area contributed by atoms with Crippen LogP contribution in [0.4, 0.5) is 29.7 Å². The molecule has 0 heterocycles. The third-order valence-electron chi connectivity index (χ3n) is 9.79. The summed E-state index contributed by atoms with van der Waals surface area (Å²) in [6.07, 6.45) is 0.696. The second kappa shape index (κ2) is 26.4. The van der Waals surface area contributed by atoms with E-state index in [2.05, 4.69) is 53.1 Å². The van der Waals surface area contributed by atoms with Crippen LogP contribution >= 0.6 is 31.9 Å². The number of carboxylic acids is 1. The minimum atomic E-state index is -0.983. The molecule has 0 fully saturated rings. The highest BCUT2D eigenvalue weighted by atomic mass is 79.9. The molecule has 6 rings (SSSR count). The molecule has 6 aromatic rings. The molecule has 0 atom stereocenters. The van der Waals surface area contributed by atoms with Gasteiger partial charge in [-0.15, -0.1) is 0 Å². The van der Waals surface area contributed by atoms with Gasteiger partial charge in [-0.05, 0) is 101 Å². The molecule has 5 N–H and O–H groups in total. The fourth-order valence-corrected chi connectivity index (χ4v) is 7.44. The van der Waals surface area contributed by atoms with Crippen molar-refractivity contribution in [3.8, 4) is 33.8 Å². The summed E-state index contributed by atoms with van der Waals surface area (Å²) in [4.78, 5) is 45.6. The number of esters is 1. The maximum atomic E-state index is 15.5. The van der Waals surface area contributed by atoms with Crippen molar-refractivity contribution in [1.29, 1.82) is 0 Å². The highest BCUT2D eigenvalue weighted by molar-refractivity contribution is 9.10. The molecule has 0 saturated carbocycles. The van der Waals surface area contributed by atoms with Crippen LogP contribution in [0, 0.1) is 19.1 Å². The van der Waals surface area contributed by atoms with Crippen molar-refractivity contribution in [3.05, 3.63) is 172 Å². The van der Waals surface area contributed by atoms with Crippen LogP contribution in [0.1, 0.15) is 42.0 Å². The first-order valence-electron chi connectivity index (χ1n) is 20.7. The number of carbonyl (C=O) groups is 4. The van der Waals surface area contributed by atoms with Crippen molar-refractivity contribution in [2.75, 3.05) is 44.5 Å². The molecular weight excluding hydrogens is 994 g/mol. The number of benzene rings is 6. The van der Waals surface area contributed by atoms with Gasteiger partial charge < -0.3 is 48.0 Å². The van der Waals surface area contributed by atoms with Crippen molar-refractivity contribution in [1.82, 2.24) is 10.6 Å². The van der Waals surface area contributed by atoms with Gasteiger partial charge in [0.1, 0.15) is 23.1 Å². The molecule has 352 valence electrons. The molecule has 0 bridgehead atoms. The largest absolute Gasteiger partial charge is 0.496 e. The molecule has 0 aliphatic carbocycles. The normalized spacial score (nSPS) is 10.3. The van der Waals surface area contributed by atoms with Gasteiger partial charge in [0, 0.05) is 46.3 Å². The van der Waals surface area contributed by atoms with Crippen molar-refractivity contribution < 1.29 is 47.3 Å². The molecule has 12 nitrogen and oxygen atoms in total. The van der Waals surface area contributed by atoms with E-state index >= 15 is 8.78 Å². The van der Waals surface area contributed by atoms with Gasteiger partial charge in [-0.25, -0.2) is 18.4 Å². The van der Waals surface area contributed by atoms with E-state index in [0.717, 1.165) is 25.6 Å². The van der Waals surface area contributed by atoms with Gasteiger partial charge >= 0.3 is 24.0 Å². The molecule has 4 amide bonds. The lowest BCUT2D eigenvalue weighted by molar-refractivity contribution is -0.143. The van der Waals surface area contributed by atoms with Crippen LogP contribution in [0.25, 0.3) is 22.3 Å². The Balaban J connectivity index is 0.000000289. The molecule has 0 radical (unpaired) electrons. The number of carbonyl (C=O) groups excluding carboxylic acids is 3. The smallest absolute Gasteiger partial charge is 0.319 e. The molecule has 0 saturated heterocycles. The lowest BCUT2D eigenvalue weighted by Crippen LogP contribution is -2.30. The van der Waals surface area contributed by atoms with E-state index in [1.807, 2.05) is 60.7 Å². The van der Waals surface area contributed by atoms with E-state index in [9.17, 15) is 19.2 Å². The van der Waals surface area contributed by atoms with Crippen molar-refractivity contribution in [3.63, 3.8) is 0 Å². The lowest BCUT2D eigenvalue weighted by Gasteiger charge is -2.14. The minimum absolute atomic E-state index is 0. The predicted octanol–water partition coefficient (Wildman–Crippen LogP) is 11.8. The third kappa shape index (κ3) is 16.0. The Labute approximate surface area is 405 Å². The average molecular weight is 1050 g/mol. The van der Waals surface area contributed by atoms with E-state index in [0.29, 0.717) is 70.1 Å². The first kappa shape index (κ1) is 52.8. The summed E-state index contributed by atoms with van der Waals surface area (Å²) in [6.45, 7) is 2.26. The number of hydrogen-bond donors (Lipinski definition) is 5. The molecule has 0 aliphatic heterocycles. The number of urea groups is 2. The number of nitrogens with one attached hydrogen (secondary N) is 4. The second-order valence-electron chi connectivity index (χ2n) is 14.5. The van der Waals surface area contributed by atoms with Crippen LogP contribution in [0.2, 0.25) is 0 Å². The number of halogens is 4. The number of anilines is 2. The van der Waals surface area contributed by atoms with Gasteiger partial charge in [0.25, 0.3) is 0 Å². The van der Waals surface area contributed by atoms with Crippen LogP contribution in [0.5, 0.6) is 11.5 Å². The standard InChI is InChI=1S/C26H26BrFN2O4.C24H22BrFN2O4.CH3/c1-3-34-23(31)13-14-29-26(32)30-21-10-7-17(8-11-21)15-19-9-12-22(33-2)24(25(19)28)18-5-4-6-20(27)16-18;1-32-20-10-7-17(23(26)22(20)16-3-2-4-18(25)14-16)13-15-5-8-19(9-6-15)28-24(31)27-12-11-21(29)30;/h4-12,16H,3,13-15H2,1-2H3,(H2,29,30,32);2-10,14H,11-13H2,1H3,(H,29,30)(H2,27,28,31);1H3/q;;-1. The summed E-state index contributed by atoms with van der Waals surface area (Å²) in [5, 5.41) is 19.0. The zero-order valence-electron chi connectivity index (χ0n) is 37.3. The molecule has 0 unspecified atom stereocenters. The van der Waals surface area contributed by atoms with Gasteiger partial charge in [-0.3, -0.25) is 9.59 Å². The van der Waals surface area contributed by atoms with E-state index < -0.39 is 18.0 Å². The fourth-order valence-electron chi connectivity index (χ4n) is 6.64. The SMILES string of the molecule is CCOC(=O)CCNC(=O)Nc1ccc(Cc2ccc(OC)c(-c3cccc(Br)c3)c2F)cc1.COc1ccc(Cc2ccc(NC(=O)NCCC(=O)O)cc2)c(F)c1-c1cccc(Br)c1.[CH3-]. The lowest BCUT2D eigenvalue weighted by atomic mass is 9.97. The topological polar surface area (TPSA) is 164 Å². The van der Waals surface area contributed by atoms with Crippen molar-refractivity contribution in [2.24, 2.45) is 0 Å². The Bertz CT molecular complexity index is 2630. The number of rotatable bonds is 17. The summed E-state index contributed by atoms with van der Waals surface area (Å²) in [5.41, 5.74) is 6.20. The predicted molar refractivity (Wildman–Crippen MR) is 265 cm³/mol. The summed E-state index contributed by atoms with van der Waals surface area (Å²) in [6, 6.07) is 35.0. The number of aliphatic carboxylic acids is 1. The highest BCUT2D eigenvalue weighted by Crippen LogP contribution is 2.38. The Kier molecular flexibility index (Phi) is 20.8. The fraction of sp³-hybridized carbons (Fsp3) is 0.196. The first-order chi connectivity index (χ1) is 31.8. The molecular formula is C51H51Br2F2N4O8-. The van der Waals surface area contributed by atoms with Gasteiger partial charge in [-0.2, -0.15) is 0 Å².